The van der Waals surface area contributed by atoms with E-state index >= 15 is 0 Å². The SMILES string of the molecule is Cc1nc2c(Cl)cc(F)cc2n1-c1ccc(C(=O)NC2CC2)s1. The number of nitrogens with zero attached hydrogens (tertiary/aromatic N) is 2. The summed E-state index contributed by atoms with van der Waals surface area (Å²) in [5, 5.41) is 4.06. The van der Waals surface area contributed by atoms with Crippen molar-refractivity contribution in [3.05, 3.63) is 45.8 Å². The predicted octanol–water partition coefficient (Wildman–Crippen LogP) is 4.08. The van der Waals surface area contributed by atoms with Crippen LogP contribution in [0.2, 0.25) is 5.02 Å². The lowest BCUT2D eigenvalue weighted by molar-refractivity contribution is 0.0955. The molecule has 1 N–H and O–H groups in total. The molecule has 1 aliphatic rings. The van der Waals surface area contributed by atoms with E-state index in [-0.39, 0.29) is 10.9 Å². The molecule has 2 heterocycles. The van der Waals surface area contributed by atoms with Crippen molar-refractivity contribution in [1.29, 1.82) is 0 Å². The highest BCUT2D eigenvalue weighted by Gasteiger charge is 2.25. The summed E-state index contributed by atoms with van der Waals surface area (Å²) in [4.78, 5) is 17.2. The van der Waals surface area contributed by atoms with Gasteiger partial charge in [-0.3, -0.25) is 9.36 Å². The second kappa shape index (κ2) is 5.32. The molecule has 1 saturated carbocycles. The van der Waals surface area contributed by atoms with E-state index in [0.29, 0.717) is 27.8 Å². The average molecular weight is 350 g/mol. The summed E-state index contributed by atoms with van der Waals surface area (Å²) in [5.74, 6) is 0.227. The summed E-state index contributed by atoms with van der Waals surface area (Å²) in [6, 6.07) is 6.61. The molecule has 1 aromatic carbocycles. The molecular formula is C16H13ClFN3OS. The normalized spacial score (nSPS) is 14.4. The predicted molar refractivity (Wildman–Crippen MR) is 89.1 cm³/mol. The molecule has 0 saturated heterocycles. The van der Waals surface area contributed by atoms with Gasteiger partial charge in [0.2, 0.25) is 0 Å². The Morgan fingerprint density at radius 2 is 2.22 bits per heavy atom. The first-order chi connectivity index (χ1) is 11.0. The molecule has 118 valence electrons. The van der Waals surface area contributed by atoms with Crippen LogP contribution < -0.4 is 5.32 Å². The molecule has 1 fully saturated rings. The average Bonchev–Trinajstić information content (AvgIpc) is 3.05. The third kappa shape index (κ3) is 2.62. The molecule has 2 aromatic heterocycles. The third-order valence-electron chi connectivity index (χ3n) is 3.79. The molecule has 4 rings (SSSR count). The van der Waals surface area contributed by atoms with E-state index in [2.05, 4.69) is 10.3 Å². The number of hydrogen-bond acceptors (Lipinski definition) is 3. The lowest BCUT2D eigenvalue weighted by Crippen LogP contribution is -2.24. The Balaban J connectivity index is 1.78. The maximum absolute atomic E-state index is 13.7. The maximum Gasteiger partial charge on any atom is 0.261 e. The van der Waals surface area contributed by atoms with Crippen molar-refractivity contribution in [2.75, 3.05) is 0 Å². The maximum atomic E-state index is 13.7. The van der Waals surface area contributed by atoms with Crippen LogP contribution in [0.4, 0.5) is 4.39 Å². The zero-order chi connectivity index (χ0) is 16.1. The highest BCUT2D eigenvalue weighted by molar-refractivity contribution is 7.16. The summed E-state index contributed by atoms with van der Waals surface area (Å²) in [7, 11) is 0. The first-order valence-electron chi connectivity index (χ1n) is 7.28. The number of rotatable bonds is 3. The Morgan fingerprint density at radius 3 is 2.96 bits per heavy atom. The minimum atomic E-state index is -0.410. The van der Waals surface area contributed by atoms with Gasteiger partial charge in [-0.1, -0.05) is 11.6 Å². The first kappa shape index (κ1) is 14.7. The van der Waals surface area contributed by atoms with Crippen LogP contribution in [-0.4, -0.2) is 21.5 Å². The van der Waals surface area contributed by atoms with Gasteiger partial charge in [0.15, 0.2) is 0 Å². The van der Waals surface area contributed by atoms with Crippen molar-refractivity contribution in [2.45, 2.75) is 25.8 Å². The van der Waals surface area contributed by atoms with Crippen molar-refractivity contribution >= 4 is 39.9 Å². The van der Waals surface area contributed by atoms with Crippen molar-refractivity contribution in [3.8, 4) is 5.00 Å². The number of fused-ring (bicyclic) bond motifs is 1. The number of halogens is 2. The van der Waals surface area contributed by atoms with Gasteiger partial charge in [-0.15, -0.1) is 11.3 Å². The van der Waals surface area contributed by atoms with Gasteiger partial charge in [-0.25, -0.2) is 9.37 Å². The molecule has 0 atom stereocenters. The monoisotopic (exact) mass is 349 g/mol. The van der Waals surface area contributed by atoms with E-state index in [0.717, 1.165) is 17.8 Å². The van der Waals surface area contributed by atoms with Gasteiger partial charge in [0.25, 0.3) is 5.91 Å². The number of thiophene rings is 1. The van der Waals surface area contributed by atoms with E-state index in [1.807, 2.05) is 17.6 Å². The Kier molecular flexibility index (Phi) is 3.39. The molecule has 1 aliphatic carbocycles. The molecule has 23 heavy (non-hydrogen) atoms. The van der Waals surface area contributed by atoms with Gasteiger partial charge >= 0.3 is 0 Å². The molecule has 0 aliphatic heterocycles. The number of carbonyl (C=O) groups is 1. The van der Waals surface area contributed by atoms with Crippen molar-refractivity contribution in [1.82, 2.24) is 14.9 Å². The molecule has 7 heteroatoms. The highest BCUT2D eigenvalue weighted by atomic mass is 35.5. The fourth-order valence-corrected chi connectivity index (χ4v) is 3.77. The van der Waals surface area contributed by atoms with Crippen LogP contribution in [-0.2, 0) is 0 Å². The van der Waals surface area contributed by atoms with Crippen LogP contribution >= 0.6 is 22.9 Å². The number of aromatic nitrogens is 2. The number of amides is 1. The third-order valence-corrected chi connectivity index (χ3v) is 5.15. The van der Waals surface area contributed by atoms with Crippen LogP contribution in [0.15, 0.2) is 24.3 Å². The van der Waals surface area contributed by atoms with E-state index in [1.54, 1.807) is 6.07 Å². The summed E-state index contributed by atoms with van der Waals surface area (Å²) in [5.41, 5.74) is 1.16. The fraction of sp³-hybridized carbons (Fsp3) is 0.250. The number of carbonyl (C=O) groups excluding carboxylic acids is 1. The summed E-state index contributed by atoms with van der Waals surface area (Å²) in [6.45, 7) is 1.83. The van der Waals surface area contributed by atoms with E-state index in [1.165, 1.54) is 23.5 Å². The molecule has 1 amide bonds. The van der Waals surface area contributed by atoms with E-state index in [4.69, 9.17) is 11.6 Å². The Hall–Kier alpha value is -1.92. The summed E-state index contributed by atoms with van der Waals surface area (Å²) >= 11 is 7.43. The molecule has 3 aromatic rings. The topological polar surface area (TPSA) is 46.9 Å². The van der Waals surface area contributed by atoms with Crippen molar-refractivity contribution in [2.24, 2.45) is 0 Å². The molecule has 0 unspecified atom stereocenters. The van der Waals surface area contributed by atoms with Crippen molar-refractivity contribution < 1.29 is 9.18 Å². The minimum Gasteiger partial charge on any atom is -0.349 e. The molecule has 0 spiro atoms. The zero-order valence-electron chi connectivity index (χ0n) is 12.3. The second-order valence-corrected chi connectivity index (χ2v) is 7.10. The van der Waals surface area contributed by atoms with Gasteiger partial charge in [0, 0.05) is 12.1 Å². The quantitative estimate of drug-likeness (QED) is 0.774. The van der Waals surface area contributed by atoms with Crippen LogP contribution in [0.5, 0.6) is 0 Å². The molecule has 0 bridgehead atoms. The van der Waals surface area contributed by atoms with Gasteiger partial charge < -0.3 is 5.32 Å². The number of benzene rings is 1. The minimum absolute atomic E-state index is 0.0602. The smallest absolute Gasteiger partial charge is 0.261 e. The van der Waals surface area contributed by atoms with Gasteiger partial charge in [0.05, 0.1) is 15.4 Å². The summed E-state index contributed by atoms with van der Waals surface area (Å²) < 4.78 is 15.5. The largest absolute Gasteiger partial charge is 0.349 e. The fourth-order valence-electron chi connectivity index (χ4n) is 2.55. The van der Waals surface area contributed by atoms with E-state index < -0.39 is 5.82 Å². The number of aryl methyl sites for hydroxylation is 1. The van der Waals surface area contributed by atoms with Gasteiger partial charge in [-0.2, -0.15) is 0 Å². The Bertz CT molecular complexity index is 929. The molecule has 0 radical (unpaired) electrons. The molecular weight excluding hydrogens is 337 g/mol. The second-order valence-electron chi connectivity index (χ2n) is 5.64. The van der Waals surface area contributed by atoms with Crippen LogP contribution in [0.3, 0.4) is 0 Å². The van der Waals surface area contributed by atoms with Crippen molar-refractivity contribution in [3.63, 3.8) is 0 Å². The summed E-state index contributed by atoms with van der Waals surface area (Å²) in [6.07, 6.45) is 2.10. The van der Waals surface area contributed by atoms with Crippen LogP contribution in [0.1, 0.15) is 28.3 Å². The zero-order valence-corrected chi connectivity index (χ0v) is 13.8. The number of hydrogen-bond donors (Lipinski definition) is 1. The van der Waals surface area contributed by atoms with Crippen LogP contribution in [0, 0.1) is 12.7 Å². The number of imidazole rings is 1. The number of nitrogens with one attached hydrogen (secondary N) is 1. The van der Waals surface area contributed by atoms with Gasteiger partial charge in [-0.05, 0) is 38.0 Å². The van der Waals surface area contributed by atoms with Crippen LogP contribution in [0.25, 0.3) is 16.0 Å². The Morgan fingerprint density at radius 1 is 1.43 bits per heavy atom. The van der Waals surface area contributed by atoms with E-state index in [9.17, 15) is 9.18 Å². The lowest BCUT2D eigenvalue weighted by atomic mass is 10.3. The Labute approximate surface area is 140 Å². The standard InChI is InChI=1S/C16H13ClFN3OS/c1-8-19-15-11(17)6-9(18)7-12(15)21(8)14-5-4-13(23-14)16(22)20-10-2-3-10/h4-7,10H,2-3H2,1H3,(H,20,22). The van der Waals surface area contributed by atoms with Gasteiger partial charge in [0.1, 0.15) is 22.2 Å². The first-order valence-corrected chi connectivity index (χ1v) is 8.47. The molecule has 4 nitrogen and oxygen atoms in total. The lowest BCUT2D eigenvalue weighted by Gasteiger charge is -2.04. The highest BCUT2D eigenvalue weighted by Crippen LogP contribution is 2.31.